The minimum absolute atomic E-state index is 0.489. The maximum atomic E-state index is 6.56. The second-order valence-electron chi connectivity index (χ2n) is 16.6. The summed E-state index contributed by atoms with van der Waals surface area (Å²) in [5.41, 5.74) is 11.5. The molecule has 0 aliphatic heterocycles. The van der Waals surface area contributed by atoms with E-state index in [4.69, 9.17) is 24.4 Å². The SMILES string of the molecule is c1ccc(-c2nc(-c3cccc4nc(-c5ccccc5)oc34)nc(-n3c4ccccc4c4ccc5c6ccccc6n(-c6ccc(-c7cccc8c7sc7ccccc78)cc6)c5c43)n2)cc1. The summed E-state index contributed by atoms with van der Waals surface area (Å²) >= 11 is 1.86. The van der Waals surface area contributed by atoms with Crippen molar-refractivity contribution in [2.45, 2.75) is 0 Å². The Labute approximate surface area is 381 Å². The second kappa shape index (κ2) is 14.4. The van der Waals surface area contributed by atoms with Gasteiger partial charge in [0.2, 0.25) is 11.8 Å². The molecular formula is C58H34N6OS. The van der Waals surface area contributed by atoms with Crippen LogP contribution in [0.3, 0.4) is 0 Å². The lowest BCUT2D eigenvalue weighted by Crippen LogP contribution is -2.07. The fourth-order valence-corrected chi connectivity index (χ4v) is 11.1. The molecule has 0 fully saturated rings. The molecule has 66 heavy (non-hydrogen) atoms. The molecule has 308 valence electrons. The van der Waals surface area contributed by atoms with Gasteiger partial charge >= 0.3 is 0 Å². The average molecular weight is 863 g/mol. The number of fused-ring (bicyclic) bond motifs is 11. The molecule has 9 aromatic carbocycles. The van der Waals surface area contributed by atoms with Gasteiger partial charge in [-0.25, -0.2) is 9.97 Å². The smallest absolute Gasteiger partial charge is 0.238 e. The predicted molar refractivity (Wildman–Crippen MR) is 271 cm³/mol. The third kappa shape index (κ3) is 5.55. The largest absolute Gasteiger partial charge is 0.435 e. The first-order chi connectivity index (χ1) is 32.7. The Morgan fingerprint density at radius 2 is 0.970 bits per heavy atom. The topological polar surface area (TPSA) is 74.6 Å². The van der Waals surface area contributed by atoms with Crippen LogP contribution < -0.4 is 0 Å². The van der Waals surface area contributed by atoms with Gasteiger partial charge in [0.1, 0.15) is 5.52 Å². The van der Waals surface area contributed by atoms with Gasteiger partial charge in [-0.3, -0.25) is 4.57 Å². The Balaban J connectivity index is 1.03. The highest BCUT2D eigenvalue weighted by Gasteiger charge is 2.25. The fourth-order valence-electron chi connectivity index (χ4n) is 9.87. The first-order valence-corrected chi connectivity index (χ1v) is 22.8. The summed E-state index contributed by atoms with van der Waals surface area (Å²) in [6.45, 7) is 0. The van der Waals surface area contributed by atoms with Crippen molar-refractivity contribution in [1.29, 1.82) is 0 Å². The normalized spacial score (nSPS) is 11.9. The number of rotatable bonds is 6. The lowest BCUT2D eigenvalue weighted by molar-refractivity contribution is 0.620. The number of nitrogens with zero attached hydrogens (tertiary/aromatic N) is 6. The summed E-state index contributed by atoms with van der Waals surface area (Å²) in [5, 5.41) is 7.10. The van der Waals surface area contributed by atoms with Gasteiger partial charge in [0.15, 0.2) is 17.2 Å². The third-order valence-electron chi connectivity index (χ3n) is 12.8. The molecule has 8 heteroatoms. The highest BCUT2D eigenvalue weighted by molar-refractivity contribution is 7.26. The Hall–Kier alpha value is -8.72. The summed E-state index contributed by atoms with van der Waals surface area (Å²) in [4.78, 5) is 20.8. The van der Waals surface area contributed by atoms with Crippen LogP contribution >= 0.6 is 11.3 Å². The Morgan fingerprint density at radius 1 is 0.379 bits per heavy atom. The Kier molecular flexibility index (Phi) is 8.02. The summed E-state index contributed by atoms with van der Waals surface area (Å²) in [6.07, 6.45) is 0. The first-order valence-electron chi connectivity index (χ1n) is 22.0. The monoisotopic (exact) mass is 862 g/mol. The molecule has 7 nitrogen and oxygen atoms in total. The molecule has 5 aromatic heterocycles. The van der Waals surface area contributed by atoms with Gasteiger partial charge in [-0.1, -0.05) is 152 Å². The number of thiophene rings is 1. The highest BCUT2D eigenvalue weighted by Crippen LogP contribution is 2.44. The summed E-state index contributed by atoms with van der Waals surface area (Å²) in [7, 11) is 0. The van der Waals surface area contributed by atoms with E-state index in [-0.39, 0.29) is 0 Å². The van der Waals surface area contributed by atoms with Gasteiger partial charge < -0.3 is 8.98 Å². The van der Waals surface area contributed by atoms with E-state index in [0.29, 0.717) is 29.1 Å². The van der Waals surface area contributed by atoms with Crippen LogP contribution in [-0.4, -0.2) is 29.1 Å². The molecule has 0 bridgehead atoms. The number of oxazole rings is 1. The van der Waals surface area contributed by atoms with Crippen molar-refractivity contribution in [2.24, 2.45) is 0 Å². The van der Waals surface area contributed by atoms with Crippen molar-refractivity contribution < 1.29 is 4.42 Å². The molecule has 0 spiro atoms. The molecule has 14 rings (SSSR count). The minimum atomic E-state index is 0.489. The van der Waals surface area contributed by atoms with Crippen LogP contribution in [0.5, 0.6) is 0 Å². The molecule has 0 unspecified atom stereocenters. The highest BCUT2D eigenvalue weighted by atomic mass is 32.1. The van der Waals surface area contributed by atoms with E-state index in [1.54, 1.807) is 0 Å². The molecule has 0 radical (unpaired) electrons. The molecule has 0 atom stereocenters. The van der Waals surface area contributed by atoms with E-state index in [2.05, 4.69) is 137 Å². The zero-order chi connectivity index (χ0) is 43.3. The molecule has 0 aliphatic carbocycles. The summed E-state index contributed by atoms with van der Waals surface area (Å²) in [6, 6.07) is 72.2. The van der Waals surface area contributed by atoms with E-state index in [1.807, 2.05) is 90.2 Å². The molecule has 5 heterocycles. The number of hydrogen-bond donors (Lipinski definition) is 0. The number of benzene rings is 9. The van der Waals surface area contributed by atoms with Crippen molar-refractivity contribution >= 4 is 86.2 Å². The van der Waals surface area contributed by atoms with E-state index < -0.39 is 0 Å². The lowest BCUT2D eigenvalue weighted by Gasteiger charge is -2.14. The van der Waals surface area contributed by atoms with Crippen LogP contribution in [0.1, 0.15) is 0 Å². The van der Waals surface area contributed by atoms with Crippen LogP contribution in [-0.2, 0) is 0 Å². The average Bonchev–Trinajstić information content (AvgIpc) is 4.16. The quantitative estimate of drug-likeness (QED) is 0.166. The molecule has 0 saturated carbocycles. The first kappa shape index (κ1) is 36.7. The van der Waals surface area contributed by atoms with E-state index in [0.717, 1.165) is 71.5 Å². The van der Waals surface area contributed by atoms with Crippen molar-refractivity contribution in [1.82, 2.24) is 29.1 Å². The molecule has 0 amide bonds. The zero-order valence-corrected chi connectivity index (χ0v) is 35.9. The van der Waals surface area contributed by atoms with Gasteiger partial charge in [0, 0.05) is 58.5 Å². The standard InChI is InChI=1S/C58H34N6OS/c1-3-15-36(16-4-1)55-60-56(46-24-14-25-47-53(46)65-57(59-47)37-17-5-2-6-18-37)62-58(61-55)64-49-27-11-8-20-41(49)44-34-33-43-40-19-7-10-26-48(40)63(51(43)52(44)64)38-31-29-35(30-32-38)39-22-13-23-45-42-21-9-12-28-50(42)66-54(39)45/h1-34H. The Morgan fingerprint density at radius 3 is 1.73 bits per heavy atom. The Bertz CT molecular complexity index is 4220. The van der Waals surface area contributed by atoms with Crippen molar-refractivity contribution in [2.75, 3.05) is 0 Å². The molecule has 14 aromatic rings. The number of para-hydroxylation sites is 3. The predicted octanol–water partition coefficient (Wildman–Crippen LogP) is 15.2. The van der Waals surface area contributed by atoms with Crippen molar-refractivity contribution in [3.8, 4) is 57.0 Å². The molecule has 0 aliphatic rings. The van der Waals surface area contributed by atoms with E-state index >= 15 is 0 Å². The second-order valence-corrected chi connectivity index (χ2v) is 17.6. The fraction of sp³-hybridized carbons (Fsp3) is 0. The van der Waals surface area contributed by atoms with Gasteiger partial charge in [0.25, 0.3) is 0 Å². The third-order valence-corrected chi connectivity index (χ3v) is 14.1. The van der Waals surface area contributed by atoms with Crippen LogP contribution in [0.2, 0.25) is 0 Å². The number of hydrogen-bond acceptors (Lipinski definition) is 6. The zero-order valence-electron chi connectivity index (χ0n) is 35.1. The van der Waals surface area contributed by atoms with Gasteiger partial charge in [0.05, 0.1) is 27.6 Å². The van der Waals surface area contributed by atoms with Crippen molar-refractivity contribution in [3.05, 3.63) is 206 Å². The van der Waals surface area contributed by atoms with Gasteiger partial charge in [-0.05, 0) is 65.7 Å². The maximum Gasteiger partial charge on any atom is 0.238 e. The van der Waals surface area contributed by atoms with Gasteiger partial charge in [-0.2, -0.15) is 9.97 Å². The van der Waals surface area contributed by atoms with Crippen LogP contribution in [0.4, 0.5) is 0 Å². The molecule has 0 saturated heterocycles. The van der Waals surface area contributed by atoms with Crippen LogP contribution in [0, 0.1) is 0 Å². The molecule has 0 N–H and O–H groups in total. The van der Waals surface area contributed by atoms with Crippen LogP contribution in [0.15, 0.2) is 211 Å². The lowest BCUT2D eigenvalue weighted by atomic mass is 10.0. The minimum Gasteiger partial charge on any atom is -0.435 e. The summed E-state index contributed by atoms with van der Waals surface area (Å²) < 4.78 is 13.8. The summed E-state index contributed by atoms with van der Waals surface area (Å²) in [5.74, 6) is 2.08. The van der Waals surface area contributed by atoms with E-state index in [9.17, 15) is 0 Å². The molecular weight excluding hydrogens is 829 g/mol. The van der Waals surface area contributed by atoms with Crippen molar-refractivity contribution in [3.63, 3.8) is 0 Å². The van der Waals surface area contributed by atoms with E-state index in [1.165, 1.54) is 31.3 Å². The van der Waals surface area contributed by atoms with Gasteiger partial charge in [-0.15, -0.1) is 11.3 Å². The maximum absolute atomic E-state index is 6.56. The number of aromatic nitrogens is 6. The van der Waals surface area contributed by atoms with Crippen LogP contribution in [0.25, 0.3) is 132 Å².